The third kappa shape index (κ3) is 1.78. The molecule has 1 aromatic rings. The van der Waals surface area contributed by atoms with Gasteiger partial charge in [-0.05, 0) is 51.4 Å². The first kappa shape index (κ1) is 8.82. The van der Waals surface area contributed by atoms with Crippen LogP contribution in [0.3, 0.4) is 0 Å². The van der Waals surface area contributed by atoms with E-state index in [1.165, 1.54) is 42.9 Å². The Kier molecular flexibility index (Phi) is 2.40. The van der Waals surface area contributed by atoms with Gasteiger partial charge < -0.3 is 10.3 Å². The predicted octanol–water partition coefficient (Wildman–Crippen LogP) is 2.10. The first-order valence-electron chi connectivity index (χ1n) is 5.14. The molecule has 1 aliphatic heterocycles. The maximum atomic E-state index is 3.49. The number of H-pyrrole nitrogens is 1. The van der Waals surface area contributed by atoms with Crippen LogP contribution in [0.5, 0.6) is 0 Å². The zero-order valence-corrected chi connectivity index (χ0v) is 8.48. The molecule has 2 rings (SSSR count). The van der Waals surface area contributed by atoms with Gasteiger partial charge in [-0.15, -0.1) is 0 Å². The Morgan fingerprint density at radius 3 is 2.46 bits per heavy atom. The first-order chi connectivity index (χ1) is 6.27. The highest BCUT2D eigenvalue weighted by Gasteiger charge is 2.16. The van der Waals surface area contributed by atoms with Crippen molar-refractivity contribution in [3.05, 3.63) is 23.0 Å². The fraction of sp³-hybridized carbons (Fsp3) is 0.636. The van der Waals surface area contributed by atoms with E-state index in [4.69, 9.17) is 0 Å². The maximum Gasteiger partial charge on any atom is 0.0184 e. The molecule has 2 N–H and O–H groups in total. The minimum Gasteiger partial charge on any atom is -0.362 e. The minimum absolute atomic E-state index is 0.758. The summed E-state index contributed by atoms with van der Waals surface area (Å²) in [5, 5.41) is 3.39. The van der Waals surface area contributed by atoms with E-state index in [1.807, 2.05) is 0 Å². The number of aromatic nitrogens is 1. The second-order valence-electron chi connectivity index (χ2n) is 4.06. The Labute approximate surface area is 79.7 Å². The van der Waals surface area contributed by atoms with E-state index in [0.717, 1.165) is 5.92 Å². The molecule has 1 aliphatic rings. The lowest BCUT2D eigenvalue weighted by atomic mass is 9.95. The van der Waals surface area contributed by atoms with Gasteiger partial charge in [0.05, 0.1) is 0 Å². The highest BCUT2D eigenvalue weighted by atomic mass is 14.9. The van der Waals surface area contributed by atoms with Gasteiger partial charge in [0.1, 0.15) is 0 Å². The molecule has 72 valence electrons. The van der Waals surface area contributed by atoms with Crippen LogP contribution < -0.4 is 5.32 Å². The SMILES string of the molecule is Cc1cc(C2CCNCC2)[nH]c1C. The molecule has 1 saturated heterocycles. The number of hydrogen-bond acceptors (Lipinski definition) is 1. The van der Waals surface area contributed by atoms with Crippen LogP contribution in [-0.2, 0) is 0 Å². The van der Waals surface area contributed by atoms with E-state index in [0.29, 0.717) is 0 Å². The molecular weight excluding hydrogens is 160 g/mol. The number of piperidine rings is 1. The molecular formula is C11H18N2. The Hall–Kier alpha value is -0.760. The summed E-state index contributed by atoms with van der Waals surface area (Å²) in [4.78, 5) is 3.49. The topological polar surface area (TPSA) is 27.8 Å². The molecule has 0 unspecified atom stereocenters. The molecule has 2 nitrogen and oxygen atoms in total. The summed E-state index contributed by atoms with van der Waals surface area (Å²) in [6, 6.07) is 2.31. The summed E-state index contributed by atoms with van der Waals surface area (Å²) in [5.74, 6) is 0.758. The van der Waals surface area contributed by atoms with Gasteiger partial charge in [-0.3, -0.25) is 0 Å². The largest absolute Gasteiger partial charge is 0.362 e. The molecule has 0 aromatic carbocycles. The van der Waals surface area contributed by atoms with E-state index < -0.39 is 0 Å². The minimum atomic E-state index is 0.758. The van der Waals surface area contributed by atoms with E-state index in [2.05, 4.69) is 30.2 Å². The van der Waals surface area contributed by atoms with Crippen LogP contribution in [0.4, 0.5) is 0 Å². The summed E-state index contributed by atoms with van der Waals surface area (Å²) >= 11 is 0. The Balaban J connectivity index is 2.14. The average Bonchev–Trinajstić information content (AvgIpc) is 2.49. The smallest absolute Gasteiger partial charge is 0.0184 e. The van der Waals surface area contributed by atoms with Crippen LogP contribution in [0.2, 0.25) is 0 Å². The third-order valence-corrected chi connectivity index (χ3v) is 3.07. The normalized spacial score (nSPS) is 19.2. The predicted molar refractivity (Wildman–Crippen MR) is 55.1 cm³/mol. The number of nitrogens with one attached hydrogen (secondary N) is 2. The van der Waals surface area contributed by atoms with Crippen molar-refractivity contribution >= 4 is 0 Å². The van der Waals surface area contributed by atoms with Crippen LogP contribution in [0, 0.1) is 13.8 Å². The summed E-state index contributed by atoms with van der Waals surface area (Å²) in [6.07, 6.45) is 2.55. The lowest BCUT2D eigenvalue weighted by Gasteiger charge is -2.21. The van der Waals surface area contributed by atoms with Crippen LogP contribution in [0.25, 0.3) is 0 Å². The van der Waals surface area contributed by atoms with Crippen LogP contribution in [-0.4, -0.2) is 18.1 Å². The van der Waals surface area contributed by atoms with Gasteiger partial charge in [0, 0.05) is 17.3 Å². The van der Waals surface area contributed by atoms with Crippen molar-refractivity contribution in [2.45, 2.75) is 32.6 Å². The van der Waals surface area contributed by atoms with Crippen molar-refractivity contribution in [2.75, 3.05) is 13.1 Å². The number of aromatic amines is 1. The van der Waals surface area contributed by atoms with Gasteiger partial charge >= 0.3 is 0 Å². The first-order valence-corrected chi connectivity index (χ1v) is 5.14. The lowest BCUT2D eigenvalue weighted by Crippen LogP contribution is -2.26. The molecule has 0 radical (unpaired) electrons. The molecule has 0 saturated carbocycles. The monoisotopic (exact) mass is 178 g/mol. The van der Waals surface area contributed by atoms with Crippen molar-refractivity contribution in [2.24, 2.45) is 0 Å². The molecule has 0 spiro atoms. The van der Waals surface area contributed by atoms with Gasteiger partial charge in [-0.25, -0.2) is 0 Å². The van der Waals surface area contributed by atoms with E-state index in [1.54, 1.807) is 0 Å². The molecule has 0 atom stereocenters. The van der Waals surface area contributed by atoms with Gasteiger partial charge in [-0.1, -0.05) is 0 Å². The summed E-state index contributed by atoms with van der Waals surface area (Å²) in [7, 11) is 0. The summed E-state index contributed by atoms with van der Waals surface area (Å²) < 4.78 is 0. The molecule has 2 heterocycles. The molecule has 13 heavy (non-hydrogen) atoms. The zero-order valence-electron chi connectivity index (χ0n) is 8.48. The summed E-state index contributed by atoms with van der Waals surface area (Å²) in [6.45, 7) is 6.67. The van der Waals surface area contributed by atoms with Crippen LogP contribution in [0.15, 0.2) is 6.07 Å². The van der Waals surface area contributed by atoms with Gasteiger partial charge in [0.15, 0.2) is 0 Å². The summed E-state index contributed by atoms with van der Waals surface area (Å²) in [5.41, 5.74) is 4.17. The average molecular weight is 178 g/mol. The van der Waals surface area contributed by atoms with Gasteiger partial charge in [-0.2, -0.15) is 0 Å². The van der Waals surface area contributed by atoms with Crippen LogP contribution in [0.1, 0.15) is 35.7 Å². The van der Waals surface area contributed by atoms with E-state index in [-0.39, 0.29) is 0 Å². The Morgan fingerprint density at radius 1 is 1.23 bits per heavy atom. The molecule has 0 amide bonds. The third-order valence-electron chi connectivity index (χ3n) is 3.07. The maximum absolute atomic E-state index is 3.49. The second kappa shape index (κ2) is 3.54. The van der Waals surface area contributed by atoms with Crippen molar-refractivity contribution in [3.8, 4) is 0 Å². The lowest BCUT2D eigenvalue weighted by molar-refractivity contribution is 0.454. The van der Waals surface area contributed by atoms with Crippen molar-refractivity contribution < 1.29 is 0 Å². The number of hydrogen-bond donors (Lipinski definition) is 2. The zero-order chi connectivity index (χ0) is 9.26. The van der Waals surface area contributed by atoms with Crippen molar-refractivity contribution in [1.82, 2.24) is 10.3 Å². The highest BCUT2D eigenvalue weighted by molar-refractivity contribution is 5.25. The van der Waals surface area contributed by atoms with Crippen molar-refractivity contribution in [3.63, 3.8) is 0 Å². The van der Waals surface area contributed by atoms with Crippen molar-refractivity contribution in [1.29, 1.82) is 0 Å². The fourth-order valence-corrected chi connectivity index (χ4v) is 2.05. The van der Waals surface area contributed by atoms with Crippen LogP contribution >= 0.6 is 0 Å². The van der Waals surface area contributed by atoms with E-state index >= 15 is 0 Å². The fourth-order valence-electron chi connectivity index (χ4n) is 2.05. The molecule has 1 aromatic heterocycles. The number of aryl methyl sites for hydroxylation is 2. The quantitative estimate of drug-likeness (QED) is 0.677. The molecule has 0 bridgehead atoms. The second-order valence-corrected chi connectivity index (χ2v) is 4.06. The molecule has 2 heteroatoms. The van der Waals surface area contributed by atoms with E-state index in [9.17, 15) is 0 Å². The molecule has 0 aliphatic carbocycles. The van der Waals surface area contributed by atoms with Gasteiger partial charge in [0.2, 0.25) is 0 Å². The number of rotatable bonds is 1. The van der Waals surface area contributed by atoms with Gasteiger partial charge in [0.25, 0.3) is 0 Å². The molecule has 1 fully saturated rings. The standard InChI is InChI=1S/C11H18N2/c1-8-7-11(13-9(8)2)10-3-5-12-6-4-10/h7,10,12-13H,3-6H2,1-2H3. The Bertz CT molecular complexity index is 263. The highest BCUT2D eigenvalue weighted by Crippen LogP contribution is 2.25. The Morgan fingerprint density at radius 2 is 1.92 bits per heavy atom.